The van der Waals surface area contributed by atoms with Crippen molar-refractivity contribution in [1.82, 2.24) is 30.3 Å². The molecule has 10 nitrogen and oxygen atoms in total. The summed E-state index contributed by atoms with van der Waals surface area (Å²) in [6, 6.07) is 6.35. The third-order valence-corrected chi connectivity index (χ3v) is 7.15. The Bertz CT molecular complexity index is 1360. The second-order valence-corrected chi connectivity index (χ2v) is 9.80. The molecule has 1 atom stereocenters. The summed E-state index contributed by atoms with van der Waals surface area (Å²) >= 11 is 6.06. The average molecular weight is 536 g/mol. The molecule has 3 aliphatic carbocycles. The van der Waals surface area contributed by atoms with Crippen molar-refractivity contribution in [2.24, 2.45) is 12.5 Å². The fraction of sp³-hybridized carbons (Fsp3) is 0.391. The van der Waals surface area contributed by atoms with Crippen LogP contribution in [0.3, 0.4) is 0 Å². The van der Waals surface area contributed by atoms with Crippen LogP contribution < -0.4 is 10.6 Å². The van der Waals surface area contributed by atoms with Gasteiger partial charge in [-0.15, -0.1) is 5.10 Å². The second-order valence-electron chi connectivity index (χ2n) is 9.44. The maximum absolute atomic E-state index is 13.1. The molecule has 37 heavy (non-hydrogen) atoms. The van der Waals surface area contributed by atoms with E-state index < -0.39 is 35.2 Å². The summed E-state index contributed by atoms with van der Waals surface area (Å²) in [6.07, 6.45) is -3.21. The van der Waals surface area contributed by atoms with E-state index >= 15 is 0 Å². The number of halogens is 4. The number of nitrogens with one attached hydrogen (secondary N) is 2. The van der Waals surface area contributed by atoms with Crippen molar-refractivity contribution in [3.05, 3.63) is 52.9 Å². The quantitative estimate of drug-likeness (QED) is 0.447. The number of carbonyl (C=O) groups excluding carboxylic acids is 2. The van der Waals surface area contributed by atoms with Crippen LogP contribution in [-0.4, -0.2) is 48.7 Å². The Labute approximate surface area is 213 Å². The Balaban J connectivity index is 1.23. The molecule has 0 aromatic carbocycles. The number of aromatic nitrogens is 5. The molecule has 194 valence electrons. The molecular weight excluding hydrogens is 515 g/mol. The molecule has 0 saturated heterocycles. The number of carbonyl (C=O) groups is 2. The standard InChI is InChI=1S/C23H21ClF3N7O3/c1-12(14-4-3-7-28-17(14)24)37-20(36)30-18-16(32-33-34(18)2)15-6-5-13(8-29-15)19(35)31-22-9-21(10-22,11-22)23(25,26)27/h3-8,12H,9-11H2,1-2H3,(H,30,36)(H,31,35)/t12-,21?,22?/m1/s1. The normalized spacial score (nSPS) is 22.9. The first-order chi connectivity index (χ1) is 17.4. The van der Waals surface area contributed by atoms with Crippen molar-refractivity contribution >= 4 is 29.4 Å². The summed E-state index contributed by atoms with van der Waals surface area (Å²) in [5, 5.41) is 13.4. The smallest absolute Gasteiger partial charge is 0.413 e. The van der Waals surface area contributed by atoms with Crippen LogP contribution in [0.1, 0.15) is 48.2 Å². The predicted octanol–water partition coefficient (Wildman–Crippen LogP) is 4.45. The fourth-order valence-electron chi connectivity index (χ4n) is 4.92. The average Bonchev–Trinajstić information content (AvgIpc) is 3.14. The molecule has 6 rings (SSSR count). The number of hydrogen-bond donors (Lipinski definition) is 2. The molecule has 2 N–H and O–H groups in total. The number of aryl methyl sites for hydroxylation is 1. The van der Waals surface area contributed by atoms with E-state index in [-0.39, 0.29) is 41.5 Å². The van der Waals surface area contributed by atoms with Crippen LogP contribution in [0.5, 0.6) is 0 Å². The van der Waals surface area contributed by atoms with Crippen LogP contribution in [-0.2, 0) is 11.8 Å². The zero-order valence-corrected chi connectivity index (χ0v) is 20.4. The van der Waals surface area contributed by atoms with E-state index in [1.54, 1.807) is 26.1 Å². The van der Waals surface area contributed by atoms with Crippen LogP contribution >= 0.6 is 11.6 Å². The van der Waals surface area contributed by atoms with Crippen LogP contribution in [0.4, 0.5) is 23.8 Å². The van der Waals surface area contributed by atoms with Crippen molar-refractivity contribution in [1.29, 1.82) is 0 Å². The van der Waals surface area contributed by atoms with Gasteiger partial charge in [0.1, 0.15) is 11.3 Å². The SMILES string of the molecule is C[C@@H](OC(=O)Nc1c(-c2ccc(C(=O)NC34CC(C(F)(F)F)(C3)C4)cn2)nnn1C)c1cccnc1Cl. The molecule has 14 heteroatoms. The topological polar surface area (TPSA) is 124 Å². The molecule has 0 spiro atoms. The molecule has 2 bridgehead atoms. The molecule has 2 amide bonds. The van der Waals surface area contributed by atoms with Gasteiger partial charge in [0.2, 0.25) is 0 Å². The van der Waals surface area contributed by atoms with Crippen molar-refractivity contribution in [2.75, 3.05) is 5.32 Å². The number of nitrogens with zero attached hydrogens (tertiary/aromatic N) is 5. The molecular formula is C23H21ClF3N7O3. The Morgan fingerprint density at radius 3 is 2.54 bits per heavy atom. The van der Waals surface area contributed by atoms with Crippen LogP contribution in [0.25, 0.3) is 11.4 Å². The maximum atomic E-state index is 13.1. The Kier molecular flexibility index (Phi) is 5.85. The van der Waals surface area contributed by atoms with Crippen molar-refractivity contribution in [2.45, 2.75) is 44.0 Å². The molecule has 3 aromatic heterocycles. The number of rotatable bonds is 6. The predicted molar refractivity (Wildman–Crippen MR) is 125 cm³/mol. The van der Waals surface area contributed by atoms with Crippen LogP contribution in [0.15, 0.2) is 36.7 Å². The first-order valence-electron chi connectivity index (χ1n) is 11.3. The highest BCUT2D eigenvalue weighted by atomic mass is 35.5. The first kappa shape index (κ1) is 24.9. The van der Waals surface area contributed by atoms with Gasteiger partial charge in [0.25, 0.3) is 5.91 Å². The monoisotopic (exact) mass is 535 g/mol. The van der Waals surface area contributed by atoms with E-state index in [2.05, 4.69) is 30.9 Å². The molecule has 3 saturated carbocycles. The second kappa shape index (κ2) is 8.68. The summed E-state index contributed by atoms with van der Waals surface area (Å²) in [6.45, 7) is 1.64. The lowest BCUT2D eigenvalue weighted by atomic mass is 9.39. The summed E-state index contributed by atoms with van der Waals surface area (Å²) in [5.74, 6) is -0.302. The number of ether oxygens (including phenoxy) is 1. The van der Waals surface area contributed by atoms with E-state index in [9.17, 15) is 22.8 Å². The van der Waals surface area contributed by atoms with Gasteiger partial charge in [-0.05, 0) is 44.4 Å². The van der Waals surface area contributed by atoms with Gasteiger partial charge in [-0.1, -0.05) is 22.9 Å². The molecule has 0 unspecified atom stereocenters. The maximum Gasteiger partial charge on any atom is 0.413 e. The van der Waals surface area contributed by atoms with Gasteiger partial charge in [-0.3, -0.25) is 15.1 Å². The summed E-state index contributed by atoms with van der Waals surface area (Å²) in [4.78, 5) is 33.3. The van der Waals surface area contributed by atoms with Gasteiger partial charge in [-0.2, -0.15) is 13.2 Å². The van der Waals surface area contributed by atoms with Crippen molar-refractivity contribution in [3.8, 4) is 11.4 Å². The molecule has 3 aromatic rings. The minimum Gasteiger partial charge on any atom is -0.441 e. The lowest BCUT2D eigenvalue weighted by Crippen LogP contribution is -2.78. The van der Waals surface area contributed by atoms with Gasteiger partial charge < -0.3 is 10.1 Å². The number of hydrogen-bond acceptors (Lipinski definition) is 7. The molecule has 3 heterocycles. The largest absolute Gasteiger partial charge is 0.441 e. The Morgan fingerprint density at radius 1 is 1.19 bits per heavy atom. The first-order valence-corrected chi connectivity index (χ1v) is 11.6. The van der Waals surface area contributed by atoms with Gasteiger partial charge in [-0.25, -0.2) is 14.5 Å². The van der Waals surface area contributed by atoms with Gasteiger partial charge >= 0.3 is 12.3 Å². The van der Waals surface area contributed by atoms with Gasteiger partial charge in [0.15, 0.2) is 11.5 Å². The lowest BCUT2D eigenvalue weighted by molar-refractivity contribution is -0.336. The molecule has 3 fully saturated rings. The van der Waals surface area contributed by atoms with E-state index in [0.717, 1.165) is 0 Å². The summed E-state index contributed by atoms with van der Waals surface area (Å²) < 4.78 is 45.9. The van der Waals surface area contributed by atoms with Gasteiger partial charge in [0.05, 0.1) is 16.7 Å². The zero-order chi connectivity index (χ0) is 26.6. The van der Waals surface area contributed by atoms with E-state index in [1.807, 2.05) is 0 Å². The highest BCUT2D eigenvalue weighted by molar-refractivity contribution is 6.30. The third-order valence-electron chi connectivity index (χ3n) is 6.84. The summed E-state index contributed by atoms with van der Waals surface area (Å²) in [7, 11) is 1.56. The zero-order valence-electron chi connectivity index (χ0n) is 19.6. The number of amides is 2. The van der Waals surface area contributed by atoms with E-state index in [4.69, 9.17) is 16.3 Å². The minimum atomic E-state index is -4.25. The highest BCUT2D eigenvalue weighted by Gasteiger charge is 2.79. The number of pyridine rings is 2. The summed E-state index contributed by atoms with van der Waals surface area (Å²) in [5.41, 5.74) is -1.19. The van der Waals surface area contributed by atoms with Crippen LogP contribution in [0.2, 0.25) is 5.15 Å². The highest BCUT2D eigenvalue weighted by Crippen LogP contribution is 2.73. The number of anilines is 1. The Hall–Kier alpha value is -3.74. The van der Waals surface area contributed by atoms with E-state index in [1.165, 1.54) is 29.2 Å². The minimum absolute atomic E-state index is 0.100. The van der Waals surface area contributed by atoms with Gasteiger partial charge in [0, 0.05) is 30.5 Å². The molecule has 0 aliphatic heterocycles. The molecule has 0 radical (unpaired) electrons. The van der Waals surface area contributed by atoms with Crippen molar-refractivity contribution < 1.29 is 27.5 Å². The van der Waals surface area contributed by atoms with Crippen molar-refractivity contribution in [3.63, 3.8) is 0 Å². The fourth-order valence-corrected chi connectivity index (χ4v) is 5.20. The Morgan fingerprint density at radius 2 is 1.92 bits per heavy atom. The lowest BCUT2D eigenvalue weighted by Gasteiger charge is -2.70. The molecule has 3 aliphatic rings. The van der Waals surface area contributed by atoms with Crippen LogP contribution in [0, 0.1) is 5.41 Å². The third kappa shape index (κ3) is 4.37. The van der Waals surface area contributed by atoms with E-state index in [0.29, 0.717) is 11.3 Å². The number of alkyl halides is 3.